The van der Waals surface area contributed by atoms with Crippen molar-refractivity contribution in [3.63, 3.8) is 0 Å². The SMILES string of the molecule is CC(C)Cc1nc(C(=O)N2CCOCC2(C)C)c2ccccn12. The summed E-state index contributed by atoms with van der Waals surface area (Å²) in [5, 5.41) is 0. The van der Waals surface area contributed by atoms with E-state index in [-0.39, 0.29) is 11.4 Å². The summed E-state index contributed by atoms with van der Waals surface area (Å²) >= 11 is 0. The average molecular weight is 315 g/mol. The van der Waals surface area contributed by atoms with Crippen molar-refractivity contribution in [3.8, 4) is 0 Å². The minimum Gasteiger partial charge on any atom is -0.377 e. The van der Waals surface area contributed by atoms with Gasteiger partial charge in [-0.1, -0.05) is 19.9 Å². The number of nitrogens with zero attached hydrogens (tertiary/aromatic N) is 3. The lowest BCUT2D eigenvalue weighted by molar-refractivity contribution is -0.0372. The van der Waals surface area contributed by atoms with Gasteiger partial charge in [0.1, 0.15) is 5.82 Å². The molecule has 1 fully saturated rings. The van der Waals surface area contributed by atoms with Crippen molar-refractivity contribution >= 4 is 11.4 Å². The number of morpholine rings is 1. The molecule has 0 N–H and O–H groups in total. The minimum absolute atomic E-state index is 0.00277. The number of pyridine rings is 1. The first kappa shape index (κ1) is 16.0. The fraction of sp³-hybridized carbons (Fsp3) is 0.556. The molecule has 23 heavy (non-hydrogen) atoms. The van der Waals surface area contributed by atoms with Crippen LogP contribution in [-0.4, -0.2) is 45.5 Å². The maximum atomic E-state index is 13.1. The molecule has 0 spiro atoms. The van der Waals surface area contributed by atoms with E-state index in [2.05, 4.69) is 13.8 Å². The molecule has 0 aromatic carbocycles. The first-order chi connectivity index (χ1) is 10.9. The van der Waals surface area contributed by atoms with E-state index in [1.807, 2.05) is 47.5 Å². The van der Waals surface area contributed by atoms with Gasteiger partial charge in [0.15, 0.2) is 5.69 Å². The Morgan fingerprint density at radius 3 is 2.87 bits per heavy atom. The Bertz CT molecular complexity index is 718. The van der Waals surface area contributed by atoms with Crippen LogP contribution in [0.15, 0.2) is 24.4 Å². The van der Waals surface area contributed by atoms with Gasteiger partial charge in [-0.05, 0) is 31.9 Å². The molecule has 2 aromatic heterocycles. The second-order valence-electron chi connectivity index (χ2n) is 7.25. The number of fused-ring (bicyclic) bond motifs is 1. The third-order valence-electron chi connectivity index (χ3n) is 4.31. The molecule has 1 aliphatic rings. The normalized spacial score (nSPS) is 17.9. The lowest BCUT2D eigenvalue weighted by Crippen LogP contribution is -2.55. The van der Waals surface area contributed by atoms with Crippen LogP contribution in [0.5, 0.6) is 0 Å². The van der Waals surface area contributed by atoms with Crippen LogP contribution in [0.2, 0.25) is 0 Å². The molecule has 3 heterocycles. The number of hydrogen-bond donors (Lipinski definition) is 0. The van der Waals surface area contributed by atoms with E-state index in [1.54, 1.807) is 0 Å². The molecule has 1 saturated heterocycles. The minimum atomic E-state index is -0.307. The van der Waals surface area contributed by atoms with Gasteiger partial charge >= 0.3 is 0 Å². The van der Waals surface area contributed by atoms with Crippen molar-refractivity contribution in [2.45, 2.75) is 39.7 Å². The second-order valence-corrected chi connectivity index (χ2v) is 7.25. The molecule has 0 unspecified atom stereocenters. The standard InChI is InChI=1S/C18H25N3O2/c1-13(2)11-15-19-16(14-7-5-6-8-20(14)15)17(22)21-9-10-23-12-18(21,3)4/h5-8,13H,9-12H2,1-4H3. The van der Waals surface area contributed by atoms with E-state index in [4.69, 9.17) is 9.72 Å². The monoisotopic (exact) mass is 315 g/mol. The Balaban J connectivity index is 2.03. The molecule has 3 rings (SSSR count). The topological polar surface area (TPSA) is 46.8 Å². The van der Waals surface area contributed by atoms with Crippen LogP contribution in [0.3, 0.4) is 0 Å². The van der Waals surface area contributed by atoms with Gasteiger partial charge < -0.3 is 14.0 Å². The van der Waals surface area contributed by atoms with Gasteiger partial charge in [-0.15, -0.1) is 0 Å². The van der Waals surface area contributed by atoms with Crippen LogP contribution in [-0.2, 0) is 11.2 Å². The Labute approximate surface area is 137 Å². The highest BCUT2D eigenvalue weighted by Crippen LogP contribution is 2.24. The molecule has 0 saturated carbocycles. The zero-order chi connectivity index (χ0) is 16.6. The molecular weight excluding hydrogens is 290 g/mol. The maximum Gasteiger partial charge on any atom is 0.275 e. The maximum absolute atomic E-state index is 13.1. The van der Waals surface area contributed by atoms with Crippen molar-refractivity contribution in [2.75, 3.05) is 19.8 Å². The molecule has 5 nitrogen and oxygen atoms in total. The predicted molar refractivity (Wildman–Crippen MR) is 89.7 cm³/mol. The smallest absolute Gasteiger partial charge is 0.275 e. The highest BCUT2D eigenvalue weighted by atomic mass is 16.5. The molecule has 0 radical (unpaired) electrons. The largest absolute Gasteiger partial charge is 0.377 e. The fourth-order valence-electron chi connectivity index (χ4n) is 3.13. The van der Waals surface area contributed by atoms with Gasteiger partial charge in [0, 0.05) is 19.2 Å². The Kier molecular flexibility index (Phi) is 4.15. The Morgan fingerprint density at radius 2 is 2.17 bits per heavy atom. The van der Waals surface area contributed by atoms with E-state index < -0.39 is 0 Å². The Morgan fingerprint density at radius 1 is 1.39 bits per heavy atom. The summed E-state index contributed by atoms with van der Waals surface area (Å²) in [5.41, 5.74) is 1.13. The van der Waals surface area contributed by atoms with Crippen molar-refractivity contribution in [2.24, 2.45) is 5.92 Å². The summed E-state index contributed by atoms with van der Waals surface area (Å²) in [6, 6.07) is 5.90. The quantitative estimate of drug-likeness (QED) is 0.875. The molecule has 124 valence electrons. The summed E-state index contributed by atoms with van der Waals surface area (Å²) < 4.78 is 7.57. The number of amides is 1. The molecule has 0 bridgehead atoms. The molecule has 0 aliphatic carbocycles. The second kappa shape index (κ2) is 5.96. The van der Waals surface area contributed by atoms with Crippen molar-refractivity contribution in [3.05, 3.63) is 35.9 Å². The van der Waals surface area contributed by atoms with Crippen LogP contribution in [0.4, 0.5) is 0 Å². The summed E-state index contributed by atoms with van der Waals surface area (Å²) in [7, 11) is 0. The highest BCUT2D eigenvalue weighted by molar-refractivity contribution is 5.99. The number of carbonyl (C=O) groups is 1. The number of rotatable bonds is 3. The summed E-state index contributed by atoms with van der Waals surface area (Å²) in [6.07, 6.45) is 2.84. The molecular formula is C18H25N3O2. The third-order valence-corrected chi connectivity index (χ3v) is 4.31. The van der Waals surface area contributed by atoms with Gasteiger partial charge in [-0.2, -0.15) is 0 Å². The average Bonchev–Trinajstić information content (AvgIpc) is 2.85. The molecule has 5 heteroatoms. The zero-order valence-electron chi connectivity index (χ0n) is 14.4. The van der Waals surface area contributed by atoms with E-state index in [1.165, 1.54) is 0 Å². The Hall–Kier alpha value is -1.88. The van der Waals surface area contributed by atoms with Crippen molar-refractivity contribution in [1.29, 1.82) is 0 Å². The molecule has 2 aromatic rings. The lowest BCUT2D eigenvalue weighted by atomic mass is 10.0. The van der Waals surface area contributed by atoms with Gasteiger partial charge in [-0.25, -0.2) is 4.98 Å². The number of ether oxygens (including phenoxy) is 1. The van der Waals surface area contributed by atoms with E-state index in [0.29, 0.717) is 31.4 Å². The van der Waals surface area contributed by atoms with E-state index in [9.17, 15) is 4.79 Å². The van der Waals surface area contributed by atoms with Gasteiger partial charge in [-0.3, -0.25) is 4.79 Å². The fourth-order valence-corrected chi connectivity index (χ4v) is 3.13. The van der Waals surface area contributed by atoms with Crippen molar-refractivity contribution in [1.82, 2.24) is 14.3 Å². The molecule has 1 amide bonds. The summed E-state index contributed by atoms with van der Waals surface area (Å²) in [5.74, 6) is 1.44. The van der Waals surface area contributed by atoms with E-state index in [0.717, 1.165) is 17.8 Å². The number of imidazole rings is 1. The first-order valence-electron chi connectivity index (χ1n) is 8.26. The van der Waals surface area contributed by atoms with Gasteiger partial charge in [0.05, 0.1) is 24.3 Å². The van der Waals surface area contributed by atoms with E-state index >= 15 is 0 Å². The lowest BCUT2D eigenvalue weighted by Gasteiger charge is -2.41. The van der Waals surface area contributed by atoms with Crippen LogP contribution >= 0.6 is 0 Å². The molecule has 0 atom stereocenters. The number of carbonyl (C=O) groups excluding carboxylic acids is 1. The zero-order valence-corrected chi connectivity index (χ0v) is 14.4. The van der Waals surface area contributed by atoms with Gasteiger partial charge in [0.25, 0.3) is 5.91 Å². The summed E-state index contributed by atoms with van der Waals surface area (Å²) in [4.78, 5) is 19.7. The van der Waals surface area contributed by atoms with Crippen LogP contribution < -0.4 is 0 Å². The summed E-state index contributed by atoms with van der Waals surface area (Å²) in [6.45, 7) is 10.2. The number of hydrogen-bond acceptors (Lipinski definition) is 3. The van der Waals surface area contributed by atoms with Crippen LogP contribution in [0, 0.1) is 5.92 Å². The van der Waals surface area contributed by atoms with Crippen molar-refractivity contribution < 1.29 is 9.53 Å². The van der Waals surface area contributed by atoms with Crippen LogP contribution in [0.25, 0.3) is 5.52 Å². The number of aromatic nitrogens is 2. The van der Waals surface area contributed by atoms with Gasteiger partial charge in [0.2, 0.25) is 0 Å². The molecule has 1 aliphatic heterocycles. The third kappa shape index (κ3) is 2.98. The predicted octanol–water partition coefficient (Wildman–Crippen LogP) is 2.78. The van der Waals surface area contributed by atoms with Crippen LogP contribution in [0.1, 0.15) is 44.0 Å². The highest BCUT2D eigenvalue weighted by Gasteiger charge is 2.36. The first-order valence-corrected chi connectivity index (χ1v) is 8.26.